The van der Waals surface area contributed by atoms with Gasteiger partial charge < -0.3 is 4.90 Å². The van der Waals surface area contributed by atoms with Crippen molar-refractivity contribution in [3.63, 3.8) is 0 Å². The number of hydrogen-bond donors (Lipinski definition) is 2. The maximum Gasteiger partial charge on any atom is 0.299 e. The van der Waals surface area contributed by atoms with Crippen LogP contribution < -0.4 is 16.2 Å². The summed E-state index contributed by atoms with van der Waals surface area (Å²) < 4.78 is 13.3. The molecule has 1 aliphatic heterocycles. The molecule has 0 atom stereocenters. The highest BCUT2D eigenvalue weighted by Gasteiger charge is 2.37. The van der Waals surface area contributed by atoms with Crippen molar-refractivity contribution in [3.8, 4) is 0 Å². The van der Waals surface area contributed by atoms with Crippen LogP contribution in [-0.4, -0.2) is 24.1 Å². The van der Waals surface area contributed by atoms with Crippen molar-refractivity contribution in [1.29, 1.82) is 0 Å². The second kappa shape index (κ2) is 5.38. The number of benzene rings is 1. The van der Waals surface area contributed by atoms with E-state index in [0.717, 1.165) is 6.07 Å². The van der Waals surface area contributed by atoms with E-state index in [1.807, 2.05) is 5.43 Å². The molecule has 1 aromatic rings. The van der Waals surface area contributed by atoms with Crippen molar-refractivity contribution in [1.82, 2.24) is 5.43 Å². The number of hydrogen-bond acceptors (Lipinski definition) is 4. The van der Waals surface area contributed by atoms with Crippen LogP contribution in [0.15, 0.2) is 12.1 Å². The number of amides is 2. The van der Waals surface area contributed by atoms with Gasteiger partial charge in [-0.2, -0.15) is 0 Å². The molecule has 0 fully saturated rings. The fourth-order valence-corrected chi connectivity index (χ4v) is 2.29. The van der Waals surface area contributed by atoms with E-state index in [4.69, 9.17) is 5.84 Å². The second-order valence-electron chi connectivity index (χ2n) is 4.58. The van der Waals surface area contributed by atoms with Gasteiger partial charge >= 0.3 is 0 Å². The lowest BCUT2D eigenvalue weighted by molar-refractivity contribution is -0.121. The van der Waals surface area contributed by atoms with Crippen LogP contribution in [0.5, 0.6) is 0 Å². The van der Waals surface area contributed by atoms with Crippen LogP contribution in [0.4, 0.5) is 10.1 Å². The molecular weight excluding hydrogens is 265 g/mol. The Morgan fingerprint density at radius 2 is 2.10 bits per heavy atom. The molecule has 7 heteroatoms. The fraction of sp³-hybridized carbons (Fsp3) is 0.308. The third-order valence-electron chi connectivity index (χ3n) is 3.17. The number of ketones is 1. The molecule has 2 amide bonds. The third kappa shape index (κ3) is 2.39. The lowest BCUT2D eigenvalue weighted by Gasteiger charge is -2.18. The Kier molecular flexibility index (Phi) is 3.80. The molecule has 0 saturated carbocycles. The smallest absolute Gasteiger partial charge is 0.299 e. The summed E-state index contributed by atoms with van der Waals surface area (Å²) in [5.74, 6) is 2.65. The second-order valence-corrected chi connectivity index (χ2v) is 4.58. The third-order valence-corrected chi connectivity index (χ3v) is 3.17. The first-order valence-electron chi connectivity index (χ1n) is 6.11. The van der Waals surface area contributed by atoms with Crippen LogP contribution in [0.25, 0.3) is 0 Å². The number of nitrogens with two attached hydrogens (primary N) is 1. The molecule has 0 saturated heterocycles. The summed E-state index contributed by atoms with van der Waals surface area (Å²) >= 11 is 0. The maximum atomic E-state index is 13.3. The van der Waals surface area contributed by atoms with Crippen LogP contribution in [0.1, 0.15) is 28.8 Å². The van der Waals surface area contributed by atoms with Crippen molar-refractivity contribution in [2.45, 2.75) is 19.8 Å². The van der Waals surface area contributed by atoms with Crippen molar-refractivity contribution in [2.24, 2.45) is 5.84 Å². The number of Topliss-reactive ketones (excluding diaryl/α,β-unsaturated/α-hetero) is 1. The summed E-state index contributed by atoms with van der Waals surface area (Å²) in [5.41, 5.74) is 3.01. The van der Waals surface area contributed by atoms with E-state index in [1.165, 1.54) is 11.0 Å². The van der Waals surface area contributed by atoms with Gasteiger partial charge in [-0.25, -0.2) is 10.2 Å². The molecule has 0 radical (unpaired) electrons. The van der Waals surface area contributed by atoms with Crippen LogP contribution in [0.2, 0.25) is 0 Å². The summed E-state index contributed by atoms with van der Waals surface area (Å²) in [6.45, 7) is 1.84. The van der Waals surface area contributed by atoms with Crippen molar-refractivity contribution < 1.29 is 18.8 Å². The van der Waals surface area contributed by atoms with Gasteiger partial charge in [-0.05, 0) is 31.0 Å². The van der Waals surface area contributed by atoms with E-state index in [2.05, 4.69) is 0 Å². The highest BCUT2D eigenvalue weighted by molar-refractivity contribution is 6.52. The number of nitrogens with zero attached hydrogens (tertiary/aromatic N) is 1. The highest BCUT2D eigenvalue weighted by atomic mass is 19.1. The molecule has 0 aliphatic carbocycles. The number of hydrazine groups is 1. The Balaban J connectivity index is 2.22. The predicted molar refractivity (Wildman–Crippen MR) is 69.4 cm³/mol. The van der Waals surface area contributed by atoms with Gasteiger partial charge in [0.05, 0.1) is 11.3 Å². The molecular formula is C13H14FN3O3. The van der Waals surface area contributed by atoms with Crippen LogP contribution in [0.3, 0.4) is 0 Å². The van der Waals surface area contributed by atoms with E-state index in [1.54, 1.807) is 6.92 Å². The standard InChI is InChI=1S/C13H14FN3O3/c1-7-5-8(14)6-9-11(7)17(13(20)12(9)19)4-2-3-10(18)16-15/h5-6H,2-4,15H2,1H3,(H,16,18). The minimum absolute atomic E-state index is 0.0794. The van der Waals surface area contributed by atoms with Gasteiger partial charge in [0.1, 0.15) is 5.82 Å². The zero-order valence-corrected chi connectivity index (χ0v) is 10.9. The van der Waals surface area contributed by atoms with Gasteiger partial charge in [-0.3, -0.25) is 19.8 Å². The number of anilines is 1. The summed E-state index contributed by atoms with van der Waals surface area (Å²) in [6, 6.07) is 2.33. The summed E-state index contributed by atoms with van der Waals surface area (Å²) in [5, 5.41) is 0. The number of nitrogens with one attached hydrogen (secondary N) is 1. The van der Waals surface area contributed by atoms with Crippen molar-refractivity contribution in [3.05, 3.63) is 29.1 Å². The molecule has 1 heterocycles. The molecule has 0 bridgehead atoms. The van der Waals surface area contributed by atoms with E-state index in [-0.39, 0.29) is 24.4 Å². The maximum absolute atomic E-state index is 13.3. The number of carbonyl (C=O) groups is 3. The Hall–Kier alpha value is -2.28. The fourth-order valence-electron chi connectivity index (χ4n) is 2.29. The molecule has 6 nitrogen and oxygen atoms in total. The number of carbonyl (C=O) groups excluding carboxylic acids is 3. The monoisotopic (exact) mass is 279 g/mol. The summed E-state index contributed by atoms with van der Waals surface area (Å²) in [6.07, 6.45) is 0.502. The number of aryl methyl sites for hydroxylation is 1. The lowest BCUT2D eigenvalue weighted by Crippen LogP contribution is -2.33. The van der Waals surface area contributed by atoms with E-state index < -0.39 is 17.5 Å². The van der Waals surface area contributed by atoms with Crippen LogP contribution >= 0.6 is 0 Å². The van der Waals surface area contributed by atoms with E-state index in [0.29, 0.717) is 17.7 Å². The van der Waals surface area contributed by atoms with Gasteiger partial charge in [0.25, 0.3) is 11.7 Å². The minimum atomic E-state index is -0.717. The Bertz CT molecular complexity index is 601. The Labute approximate surface area is 114 Å². The average molecular weight is 279 g/mol. The topological polar surface area (TPSA) is 92.5 Å². The quantitative estimate of drug-likeness (QED) is 0.362. The summed E-state index contributed by atoms with van der Waals surface area (Å²) in [4.78, 5) is 36.0. The molecule has 20 heavy (non-hydrogen) atoms. The average Bonchev–Trinajstić information content (AvgIpc) is 2.64. The van der Waals surface area contributed by atoms with Gasteiger partial charge in [0.15, 0.2) is 0 Å². The molecule has 0 aromatic heterocycles. The lowest BCUT2D eigenvalue weighted by atomic mass is 10.1. The number of fused-ring (bicyclic) bond motifs is 1. The molecule has 1 aliphatic rings. The van der Waals surface area contributed by atoms with Crippen molar-refractivity contribution in [2.75, 3.05) is 11.4 Å². The largest absolute Gasteiger partial charge is 0.304 e. The molecule has 106 valence electrons. The van der Waals surface area contributed by atoms with Crippen LogP contribution in [0, 0.1) is 12.7 Å². The zero-order chi connectivity index (χ0) is 14.9. The molecule has 3 N–H and O–H groups in total. The Morgan fingerprint density at radius 1 is 1.40 bits per heavy atom. The van der Waals surface area contributed by atoms with Crippen LogP contribution in [-0.2, 0) is 9.59 Å². The minimum Gasteiger partial charge on any atom is -0.304 e. The van der Waals surface area contributed by atoms with E-state index >= 15 is 0 Å². The Morgan fingerprint density at radius 3 is 2.75 bits per heavy atom. The van der Waals surface area contributed by atoms with Gasteiger partial charge in [0.2, 0.25) is 5.91 Å². The zero-order valence-electron chi connectivity index (χ0n) is 10.9. The highest BCUT2D eigenvalue weighted by Crippen LogP contribution is 2.33. The first kappa shape index (κ1) is 14.1. The molecule has 0 unspecified atom stereocenters. The molecule has 2 rings (SSSR count). The first-order chi connectivity index (χ1) is 9.45. The van der Waals surface area contributed by atoms with E-state index in [9.17, 15) is 18.8 Å². The van der Waals surface area contributed by atoms with Gasteiger partial charge in [0, 0.05) is 13.0 Å². The summed E-state index contributed by atoms with van der Waals surface area (Å²) in [7, 11) is 0. The molecule has 1 aromatic carbocycles. The van der Waals surface area contributed by atoms with Crippen molar-refractivity contribution >= 4 is 23.3 Å². The van der Waals surface area contributed by atoms with Gasteiger partial charge in [-0.1, -0.05) is 0 Å². The number of rotatable bonds is 4. The SMILES string of the molecule is Cc1cc(F)cc2c1N(CCCC(=O)NN)C(=O)C2=O. The normalized spacial score (nSPS) is 13.7. The molecule has 0 spiro atoms. The predicted octanol–water partition coefficient (Wildman–Crippen LogP) is 0.434. The van der Waals surface area contributed by atoms with Gasteiger partial charge in [-0.15, -0.1) is 0 Å². The number of halogens is 1. The first-order valence-corrected chi connectivity index (χ1v) is 6.11.